The van der Waals surface area contributed by atoms with Crippen molar-refractivity contribution in [2.24, 2.45) is 14.1 Å². The van der Waals surface area contributed by atoms with E-state index in [1.165, 1.54) is 0 Å². The molecule has 8 nitrogen and oxygen atoms in total. The van der Waals surface area contributed by atoms with Crippen molar-refractivity contribution in [2.75, 3.05) is 13.1 Å². The van der Waals surface area contributed by atoms with Gasteiger partial charge in [-0.25, -0.2) is 15.0 Å². The fourth-order valence-corrected chi connectivity index (χ4v) is 3.35. The van der Waals surface area contributed by atoms with Gasteiger partial charge in [-0.3, -0.25) is 9.48 Å². The Labute approximate surface area is 151 Å². The molecule has 3 aromatic heterocycles. The number of carbonyl (C=O) groups excluding carboxylic acids is 1. The van der Waals surface area contributed by atoms with E-state index in [1.54, 1.807) is 23.1 Å². The minimum Gasteiger partial charge on any atom is -0.336 e. The third-order valence-electron chi connectivity index (χ3n) is 4.70. The second-order valence-corrected chi connectivity index (χ2v) is 6.73. The van der Waals surface area contributed by atoms with Crippen molar-refractivity contribution < 1.29 is 4.79 Å². The van der Waals surface area contributed by atoms with E-state index in [1.807, 2.05) is 42.7 Å². The summed E-state index contributed by atoms with van der Waals surface area (Å²) in [5, 5.41) is 4.21. The highest BCUT2D eigenvalue weighted by molar-refractivity contribution is 5.92. The van der Waals surface area contributed by atoms with Gasteiger partial charge < -0.3 is 9.47 Å². The monoisotopic (exact) mass is 351 g/mol. The van der Waals surface area contributed by atoms with E-state index >= 15 is 0 Å². The van der Waals surface area contributed by atoms with E-state index in [0.29, 0.717) is 18.8 Å². The molecule has 0 spiro atoms. The van der Waals surface area contributed by atoms with Crippen molar-refractivity contribution >= 4 is 5.91 Å². The van der Waals surface area contributed by atoms with E-state index in [2.05, 4.69) is 15.1 Å². The first-order chi connectivity index (χ1) is 12.5. The lowest BCUT2D eigenvalue weighted by molar-refractivity contribution is 0.0784. The SMILES string of the molecule is Cc1cc(-c2nccn2C)nc(C2CCN(C(=O)c3ccn(C)n3)C2)n1. The second-order valence-electron chi connectivity index (χ2n) is 6.73. The summed E-state index contributed by atoms with van der Waals surface area (Å²) in [7, 11) is 3.76. The summed E-state index contributed by atoms with van der Waals surface area (Å²) < 4.78 is 3.58. The average Bonchev–Trinajstić information content (AvgIpc) is 3.34. The Hall–Kier alpha value is -3.03. The summed E-state index contributed by atoms with van der Waals surface area (Å²) in [4.78, 5) is 28.2. The van der Waals surface area contributed by atoms with Gasteiger partial charge in [0.15, 0.2) is 5.82 Å². The van der Waals surface area contributed by atoms with Gasteiger partial charge in [0.2, 0.25) is 0 Å². The van der Waals surface area contributed by atoms with Crippen LogP contribution in [0.1, 0.15) is 34.3 Å². The molecular formula is C18H21N7O. The predicted octanol–water partition coefficient (Wildman–Crippen LogP) is 1.55. The number of aryl methyl sites for hydroxylation is 3. The molecule has 0 saturated carbocycles. The van der Waals surface area contributed by atoms with Crippen molar-refractivity contribution in [1.82, 2.24) is 34.2 Å². The van der Waals surface area contributed by atoms with Gasteiger partial charge in [-0.15, -0.1) is 0 Å². The lowest BCUT2D eigenvalue weighted by atomic mass is 10.1. The lowest BCUT2D eigenvalue weighted by Crippen LogP contribution is -2.29. The summed E-state index contributed by atoms with van der Waals surface area (Å²) in [6.07, 6.45) is 6.29. The van der Waals surface area contributed by atoms with Crippen LogP contribution in [0.3, 0.4) is 0 Å². The molecule has 26 heavy (non-hydrogen) atoms. The first-order valence-electron chi connectivity index (χ1n) is 8.63. The third kappa shape index (κ3) is 2.98. The van der Waals surface area contributed by atoms with Crippen LogP contribution in [0.5, 0.6) is 0 Å². The lowest BCUT2D eigenvalue weighted by Gasteiger charge is -2.15. The number of nitrogens with zero attached hydrogens (tertiary/aromatic N) is 7. The molecule has 0 bridgehead atoms. The Kier molecular flexibility index (Phi) is 4.02. The summed E-state index contributed by atoms with van der Waals surface area (Å²) in [5.74, 6) is 1.68. The Morgan fingerprint density at radius 2 is 2.08 bits per heavy atom. The molecule has 1 atom stereocenters. The van der Waals surface area contributed by atoms with E-state index in [4.69, 9.17) is 4.98 Å². The summed E-state index contributed by atoms with van der Waals surface area (Å²) in [6, 6.07) is 3.69. The summed E-state index contributed by atoms with van der Waals surface area (Å²) in [5.41, 5.74) is 2.20. The maximum absolute atomic E-state index is 12.6. The van der Waals surface area contributed by atoms with Crippen LogP contribution in [0.25, 0.3) is 11.5 Å². The Morgan fingerprint density at radius 3 is 2.77 bits per heavy atom. The maximum Gasteiger partial charge on any atom is 0.274 e. The second kappa shape index (κ2) is 6.36. The Bertz CT molecular complexity index is 958. The standard InChI is InChI=1S/C18H21N7O/c1-12-10-15(17-19-6-9-23(17)2)21-16(20-12)13-4-8-25(11-13)18(26)14-5-7-24(3)22-14/h5-7,9-10,13H,4,8,11H2,1-3H3. The molecule has 0 radical (unpaired) electrons. The molecule has 1 unspecified atom stereocenters. The van der Waals surface area contributed by atoms with Gasteiger partial charge >= 0.3 is 0 Å². The predicted molar refractivity (Wildman–Crippen MR) is 95.4 cm³/mol. The minimum absolute atomic E-state index is 0.0370. The highest BCUT2D eigenvalue weighted by Gasteiger charge is 2.31. The zero-order valence-corrected chi connectivity index (χ0v) is 15.1. The molecule has 0 N–H and O–H groups in total. The van der Waals surface area contributed by atoms with Crippen LogP contribution < -0.4 is 0 Å². The molecule has 1 saturated heterocycles. The average molecular weight is 351 g/mol. The number of rotatable bonds is 3. The van der Waals surface area contributed by atoms with Crippen LogP contribution in [0.4, 0.5) is 0 Å². The van der Waals surface area contributed by atoms with Crippen molar-refractivity contribution in [3.8, 4) is 11.5 Å². The molecule has 1 amide bonds. The number of likely N-dealkylation sites (tertiary alicyclic amines) is 1. The normalized spacial score (nSPS) is 17.0. The molecule has 4 heterocycles. The molecule has 1 aliphatic heterocycles. The number of imidazole rings is 1. The highest BCUT2D eigenvalue weighted by Crippen LogP contribution is 2.27. The van der Waals surface area contributed by atoms with E-state index in [0.717, 1.165) is 29.5 Å². The minimum atomic E-state index is -0.0370. The van der Waals surface area contributed by atoms with E-state index < -0.39 is 0 Å². The van der Waals surface area contributed by atoms with E-state index in [-0.39, 0.29) is 11.8 Å². The fraction of sp³-hybridized carbons (Fsp3) is 0.389. The smallest absolute Gasteiger partial charge is 0.274 e. The van der Waals surface area contributed by atoms with Gasteiger partial charge in [0, 0.05) is 57.4 Å². The largest absolute Gasteiger partial charge is 0.336 e. The third-order valence-corrected chi connectivity index (χ3v) is 4.70. The van der Waals surface area contributed by atoms with Gasteiger partial charge in [0.05, 0.1) is 0 Å². The van der Waals surface area contributed by atoms with Crippen LogP contribution in [0.2, 0.25) is 0 Å². The summed E-state index contributed by atoms with van der Waals surface area (Å²) in [6.45, 7) is 3.26. The molecule has 1 fully saturated rings. The zero-order chi connectivity index (χ0) is 18.3. The molecule has 4 rings (SSSR count). The number of hydrogen-bond acceptors (Lipinski definition) is 5. The topological polar surface area (TPSA) is 81.7 Å². The van der Waals surface area contributed by atoms with Gasteiger partial charge in [0.1, 0.15) is 17.2 Å². The molecule has 3 aromatic rings. The van der Waals surface area contributed by atoms with E-state index in [9.17, 15) is 4.79 Å². The molecular weight excluding hydrogens is 330 g/mol. The Morgan fingerprint density at radius 1 is 1.23 bits per heavy atom. The van der Waals surface area contributed by atoms with Crippen LogP contribution in [-0.4, -0.2) is 53.2 Å². The fourth-order valence-electron chi connectivity index (χ4n) is 3.35. The quantitative estimate of drug-likeness (QED) is 0.715. The number of hydrogen-bond donors (Lipinski definition) is 0. The molecule has 8 heteroatoms. The van der Waals surface area contributed by atoms with Crippen molar-refractivity contribution in [3.63, 3.8) is 0 Å². The number of amides is 1. The first kappa shape index (κ1) is 16.4. The van der Waals surface area contributed by atoms with Crippen LogP contribution >= 0.6 is 0 Å². The van der Waals surface area contributed by atoms with Crippen molar-refractivity contribution in [3.05, 3.63) is 47.9 Å². The van der Waals surface area contributed by atoms with Gasteiger partial charge in [-0.2, -0.15) is 5.10 Å². The number of carbonyl (C=O) groups is 1. The molecule has 0 aromatic carbocycles. The summed E-state index contributed by atoms with van der Waals surface area (Å²) >= 11 is 0. The molecule has 0 aliphatic carbocycles. The highest BCUT2D eigenvalue weighted by atomic mass is 16.2. The van der Waals surface area contributed by atoms with Gasteiger partial charge in [0.25, 0.3) is 5.91 Å². The zero-order valence-electron chi connectivity index (χ0n) is 15.1. The first-order valence-corrected chi connectivity index (χ1v) is 8.63. The molecule has 1 aliphatic rings. The van der Waals surface area contributed by atoms with Crippen LogP contribution in [0, 0.1) is 6.92 Å². The van der Waals surface area contributed by atoms with Gasteiger partial charge in [-0.05, 0) is 25.5 Å². The van der Waals surface area contributed by atoms with Gasteiger partial charge in [-0.1, -0.05) is 0 Å². The number of aromatic nitrogens is 6. The van der Waals surface area contributed by atoms with Crippen molar-refractivity contribution in [2.45, 2.75) is 19.3 Å². The van der Waals surface area contributed by atoms with Crippen molar-refractivity contribution in [1.29, 1.82) is 0 Å². The Balaban J connectivity index is 1.56. The van der Waals surface area contributed by atoms with Crippen LogP contribution in [0.15, 0.2) is 30.7 Å². The maximum atomic E-state index is 12.6. The molecule has 134 valence electrons. The van der Waals surface area contributed by atoms with Crippen LogP contribution in [-0.2, 0) is 14.1 Å².